The molecule has 0 saturated heterocycles. The van der Waals surface area contributed by atoms with E-state index in [1.165, 1.54) is 18.2 Å². The minimum absolute atomic E-state index is 0.0860. The number of nitrogens with two attached hydrogens (primary N) is 1. The van der Waals surface area contributed by atoms with E-state index in [1.54, 1.807) is 0 Å². The quantitative estimate of drug-likeness (QED) is 0.505. The van der Waals surface area contributed by atoms with E-state index < -0.39 is 12.2 Å². The van der Waals surface area contributed by atoms with Crippen molar-refractivity contribution in [2.75, 3.05) is 6.54 Å². The number of phenols is 1. The van der Waals surface area contributed by atoms with Crippen molar-refractivity contribution >= 4 is 6.29 Å². The molecule has 0 bridgehead atoms. The fourth-order valence-corrected chi connectivity index (χ4v) is 1.20. The summed E-state index contributed by atoms with van der Waals surface area (Å²) in [5.41, 5.74) is 5.62. The molecule has 0 radical (unpaired) electrons. The van der Waals surface area contributed by atoms with Crippen LogP contribution in [0, 0.1) is 0 Å². The molecule has 5 N–H and O–H groups in total. The molecule has 0 heterocycles. The van der Waals surface area contributed by atoms with Crippen LogP contribution in [0.15, 0.2) is 18.2 Å². The molecular formula is C10H13NO4. The molecule has 2 unspecified atom stereocenters. The molecule has 0 amide bonds. The fraction of sp³-hybridized carbons (Fsp3) is 0.300. The average molecular weight is 211 g/mol. The first-order chi connectivity index (χ1) is 7.10. The number of hydrogen-bond acceptors (Lipinski definition) is 5. The van der Waals surface area contributed by atoms with Crippen LogP contribution in [0.2, 0.25) is 0 Å². The Labute approximate surface area is 86.8 Å². The number of hydrogen-bond donors (Lipinski definition) is 4. The van der Waals surface area contributed by atoms with Crippen LogP contribution < -0.4 is 5.73 Å². The van der Waals surface area contributed by atoms with E-state index in [-0.39, 0.29) is 17.9 Å². The van der Waals surface area contributed by atoms with Crippen LogP contribution in [0.3, 0.4) is 0 Å². The summed E-state index contributed by atoms with van der Waals surface area (Å²) in [6.07, 6.45) is -1.75. The molecule has 0 saturated carbocycles. The fourth-order valence-electron chi connectivity index (χ4n) is 1.20. The Morgan fingerprint density at radius 2 is 2.07 bits per heavy atom. The molecule has 2 atom stereocenters. The van der Waals surface area contributed by atoms with Crippen LogP contribution in [-0.2, 0) is 0 Å². The van der Waals surface area contributed by atoms with Crippen LogP contribution in [0.1, 0.15) is 22.0 Å². The van der Waals surface area contributed by atoms with Gasteiger partial charge in [-0.05, 0) is 17.7 Å². The zero-order valence-corrected chi connectivity index (χ0v) is 8.00. The lowest BCUT2D eigenvalue weighted by atomic mass is 10.0. The van der Waals surface area contributed by atoms with Crippen LogP contribution in [0.4, 0.5) is 0 Å². The number of rotatable bonds is 4. The summed E-state index contributed by atoms with van der Waals surface area (Å²) >= 11 is 0. The maximum atomic E-state index is 10.4. The van der Waals surface area contributed by atoms with Crippen molar-refractivity contribution in [1.29, 1.82) is 0 Å². The number of aldehydes is 1. The van der Waals surface area contributed by atoms with Crippen molar-refractivity contribution < 1.29 is 20.1 Å². The second-order valence-electron chi connectivity index (χ2n) is 3.18. The Kier molecular flexibility index (Phi) is 3.79. The number of carbonyl (C=O) groups is 1. The van der Waals surface area contributed by atoms with Crippen molar-refractivity contribution in [2.24, 2.45) is 5.73 Å². The summed E-state index contributed by atoms with van der Waals surface area (Å²) in [5.74, 6) is -0.231. The van der Waals surface area contributed by atoms with Gasteiger partial charge in [-0.15, -0.1) is 0 Å². The number of aliphatic hydroxyl groups excluding tert-OH is 2. The van der Waals surface area contributed by atoms with Gasteiger partial charge in [0.2, 0.25) is 0 Å². The molecule has 5 heteroatoms. The predicted molar refractivity (Wildman–Crippen MR) is 53.5 cm³/mol. The first kappa shape index (κ1) is 11.6. The Morgan fingerprint density at radius 3 is 2.53 bits per heavy atom. The second kappa shape index (κ2) is 4.88. The summed E-state index contributed by atoms with van der Waals surface area (Å²) in [6.45, 7) is -0.0860. The topological polar surface area (TPSA) is 104 Å². The predicted octanol–water partition coefficient (Wildman–Crippen LogP) is -0.442. The number of aromatic hydroxyl groups is 1. The van der Waals surface area contributed by atoms with Crippen molar-refractivity contribution in [3.63, 3.8) is 0 Å². The van der Waals surface area contributed by atoms with E-state index in [0.717, 1.165) is 0 Å². The zero-order valence-electron chi connectivity index (χ0n) is 8.00. The summed E-state index contributed by atoms with van der Waals surface area (Å²) in [6, 6.07) is 4.05. The third-order valence-corrected chi connectivity index (χ3v) is 2.13. The summed E-state index contributed by atoms with van der Waals surface area (Å²) < 4.78 is 0. The Hall–Kier alpha value is -1.43. The van der Waals surface area contributed by atoms with Crippen molar-refractivity contribution in [3.8, 4) is 5.75 Å². The molecule has 0 aliphatic heterocycles. The highest BCUT2D eigenvalue weighted by atomic mass is 16.3. The summed E-state index contributed by atoms with van der Waals surface area (Å²) in [7, 11) is 0. The third-order valence-electron chi connectivity index (χ3n) is 2.13. The molecule has 82 valence electrons. The maximum absolute atomic E-state index is 10.4. The van der Waals surface area contributed by atoms with E-state index >= 15 is 0 Å². The van der Waals surface area contributed by atoms with E-state index in [2.05, 4.69) is 0 Å². The van der Waals surface area contributed by atoms with Gasteiger partial charge in [0.25, 0.3) is 0 Å². The lowest BCUT2D eigenvalue weighted by Crippen LogP contribution is -2.27. The van der Waals surface area contributed by atoms with Crippen molar-refractivity contribution in [1.82, 2.24) is 0 Å². The smallest absolute Gasteiger partial charge is 0.153 e. The van der Waals surface area contributed by atoms with E-state index in [1.807, 2.05) is 0 Å². The second-order valence-corrected chi connectivity index (χ2v) is 3.18. The van der Waals surface area contributed by atoms with Gasteiger partial charge in [-0.2, -0.15) is 0 Å². The molecule has 0 fully saturated rings. The van der Waals surface area contributed by atoms with Crippen LogP contribution in [0.25, 0.3) is 0 Å². The molecule has 0 spiro atoms. The standard InChI is InChI=1S/C10H13NO4/c11-4-9(14)10(15)6-1-2-7(5-12)8(13)3-6/h1-3,5,9-10,13-15H,4,11H2. The first-order valence-corrected chi connectivity index (χ1v) is 4.44. The molecular weight excluding hydrogens is 198 g/mol. The number of benzene rings is 1. The molecule has 1 aromatic carbocycles. The van der Waals surface area contributed by atoms with Gasteiger partial charge in [0, 0.05) is 6.54 Å². The SMILES string of the molecule is NCC(O)C(O)c1ccc(C=O)c(O)c1. The van der Waals surface area contributed by atoms with Crippen LogP contribution in [0.5, 0.6) is 5.75 Å². The minimum atomic E-state index is -1.17. The molecule has 0 aliphatic carbocycles. The molecule has 0 aromatic heterocycles. The molecule has 5 nitrogen and oxygen atoms in total. The number of carbonyl (C=O) groups excluding carboxylic acids is 1. The van der Waals surface area contributed by atoms with E-state index in [4.69, 9.17) is 5.73 Å². The van der Waals surface area contributed by atoms with Crippen molar-refractivity contribution in [3.05, 3.63) is 29.3 Å². The van der Waals surface area contributed by atoms with Gasteiger partial charge >= 0.3 is 0 Å². The average Bonchev–Trinajstić information content (AvgIpc) is 2.26. The van der Waals surface area contributed by atoms with Gasteiger partial charge in [0.15, 0.2) is 6.29 Å². The van der Waals surface area contributed by atoms with Gasteiger partial charge in [-0.1, -0.05) is 6.07 Å². The molecule has 1 aromatic rings. The van der Waals surface area contributed by atoms with Gasteiger partial charge in [0.1, 0.15) is 11.9 Å². The van der Waals surface area contributed by atoms with Crippen LogP contribution in [-0.4, -0.2) is 34.3 Å². The monoisotopic (exact) mass is 211 g/mol. The minimum Gasteiger partial charge on any atom is -0.507 e. The Bertz CT molecular complexity index is 353. The summed E-state index contributed by atoms with van der Waals surface area (Å²) in [5, 5.41) is 28.2. The van der Waals surface area contributed by atoms with Gasteiger partial charge in [0.05, 0.1) is 11.7 Å². The van der Waals surface area contributed by atoms with E-state index in [0.29, 0.717) is 11.8 Å². The van der Waals surface area contributed by atoms with Crippen LogP contribution >= 0.6 is 0 Å². The molecule has 1 rings (SSSR count). The maximum Gasteiger partial charge on any atom is 0.153 e. The van der Waals surface area contributed by atoms with Gasteiger partial charge in [-0.3, -0.25) is 4.79 Å². The lowest BCUT2D eigenvalue weighted by Gasteiger charge is -2.16. The molecule has 15 heavy (non-hydrogen) atoms. The summed E-state index contributed by atoms with van der Waals surface area (Å²) in [4.78, 5) is 10.4. The normalized spacial score (nSPS) is 14.6. The highest BCUT2D eigenvalue weighted by Crippen LogP contribution is 2.23. The van der Waals surface area contributed by atoms with E-state index in [9.17, 15) is 20.1 Å². The highest BCUT2D eigenvalue weighted by molar-refractivity contribution is 5.79. The Balaban J connectivity index is 2.96. The number of phenolic OH excluding ortho intramolecular Hbond substituents is 1. The number of aliphatic hydroxyl groups is 2. The highest BCUT2D eigenvalue weighted by Gasteiger charge is 2.17. The zero-order chi connectivity index (χ0) is 11.4. The Morgan fingerprint density at radius 1 is 1.40 bits per heavy atom. The van der Waals surface area contributed by atoms with Gasteiger partial charge < -0.3 is 21.1 Å². The van der Waals surface area contributed by atoms with Gasteiger partial charge in [-0.25, -0.2) is 0 Å². The first-order valence-electron chi connectivity index (χ1n) is 4.44. The lowest BCUT2D eigenvalue weighted by molar-refractivity contribution is 0.0242. The van der Waals surface area contributed by atoms with Crippen molar-refractivity contribution in [2.45, 2.75) is 12.2 Å². The third kappa shape index (κ3) is 2.53. The largest absolute Gasteiger partial charge is 0.507 e. The molecule has 0 aliphatic rings.